The first-order valence-corrected chi connectivity index (χ1v) is 9.46. The molecule has 0 heterocycles. The molecule has 0 spiro atoms. The summed E-state index contributed by atoms with van der Waals surface area (Å²) in [7, 11) is 2.11. The third-order valence-electron chi connectivity index (χ3n) is 4.08. The number of amides is 1. The standard InChI is InChI=1S/C17H34NO4P/c1-2-3-4-5-6-7-8-9-10-11-12-13-16(20)18(23)15(14-19)17(21)22/h15,19H,2-14,23H2,1H3,(H,21,22)/t15-/m0/s1. The lowest BCUT2D eigenvalue weighted by atomic mass is 10.1. The van der Waals surface area contributed by atoms with Crippen molar-refractivity contribution < 1.29 is 19.8 Å². The van der Waals surface area contributed by atoms with E-state index in [1.165, 1.54) is 51.4 Å². The zero-order valence-corrected chi connectivity index (χ0v) is 15.7. The van der Waals surface area contributed by atoms with Gasteiger partial charge in [-0.05, 0) is 15.8 Å². The molecule has 0 fully saturated rings. The van der Waals surface area contributed by atoms with Crippen LogP contribution >= 0.6 is 9.39 Å². The number of carbonyl (C=O) groups excluding carboxylic acids is 1. The Morgan fingerprint density at radius 1 is 0.913 bits per heavy atom. The van der Waals surface area contributed by atoms with Crippen molar-refractivity contribution in [3.05, 3.63) is 0 Å². The number of carbonyl (C=O) groups is 2. The second-order valence-corrected chi connectivity index (χ2v) is 6.68. The second kappa shape index (κ2) is 14.9. The van der Waals surface area contributed by atoms with Crippen LogP contribution in [0.5, 0.6) is 0 Å². The van der Waals surface area contributed by atoms with Crippen LogP contribution < -0.4 is 0 Å². The predicted octanol–water partition coefficient (Wildman–Crippen LogP) is 3.75. The molecule has 23 heavy (non-hydrogen) atoms. The fraction of sp³-hybridized carbons (Fsp3) is 0.882. The summed E-state index contributed by atoms with van der Waals surface area (Å²) in [6.45, 7) is 1.66. The van der Waals surface area contributed by atoms with Crippen LogP contribution in [0, 0.1) is 0 Å². The van der Waals surface area contributed by atoms with Crippen molar-refractivity contribution in [2.24, 2.45) is 0 Å². The minimum Gasteiger partial charge on any atom is -0.480 e. The molecule has 0 aliphatic carbocycles. The van der Waals surface area contributed by atoms with Crippen molar-refractivity contribution >= 4 is 21.3 Å². The molecule has 0 saturated heterocycles. The van der Waals surface area contributed by atoms with E-state index in [1.54, 1.807) is 0 Å². The zero-order valence-electron chi connectivity index (χ0n) is 14.5. The van der Waals surface area contributed by atoms with E-state index in [0.29, 0.717) is 6.42 Å². The van der Waals surface area contributed by atoms with Gasteiger partial charge in [-0.15, -0.1) is 0 Å². The molecule has 0 radical (unpaired) electrons. The van der Waals surface area contributed by atoms with Gasteiger partial charge in [0.2, 0.25) is 5.91 Å². The van der Waals surface area contributed by atoms with E-state index in [1.807, 2.05) is 0 Å². The van der Waals surface area contributed by atoms with Crippen LogP contribution in [0.1, 0.15) is 84.0 Å². The summed E-state index contributed by atoms with van der Waals surface area (Å²) in [5.74, 6) is -1.43. The summed E-state index contributed by atoms with van der Waals surface area (Å²) in [5.41, 5.74) is 0. The molecule has 0 aromatic heterocycles. The summed E-state index contributed by atoms with van der Waals surface area (Å²) in [4.78, 5) is 22.7. The number of aliphatic hydroxyl groups excluding tert-OH is 1. The van der Waals surface area contributed by atoms with Crippen molar-refractivity contribution in [3.63, 3.8) is 0 Å². The number of carboxylic acid groups (broad SMARTS) is 1. The van der Waals surface area contributed by atoms with Crippen LogP contribution in [-0.2, 0) is 9.59 Å². The third kappa shape index (κ3) is 11.5. The summed E-state index contributed by atoms with van der Waals surface area (Å²) in [6, 6.07) is -1.17. The topological polar surface area (TPSA) is 77.8 Å². The Hall–Kier alpha value is -0.670. The molecule has 0 aromatic rings. The number of aliphatic hydroxyl groups is 1. The van der Waals surface area contributed by atoms with Gasteiger partial charge >= 0.3 is 5.97 Å². The Morgan fingerprint density at radius 3 is 1.74 bits per heavy atom. The van der Waals surface area contributed by atoms with Crippen molar-refractivity contribution in [1.29, 1.82) is 0 Å². The van der Waals surface area contributed by atoms with E-state index >= 15 is 0 Å². The van der Waals surface area contributed by atoms with Crippen molar-refractivity contribution in [2.75, 3.05) is 6.61 Å². The summed E-state index contributed by atoms with van der Waals surface area (Å²) in [5, 5.41) is 17.9. The van der Waals surface area contributed by atoms with E-state index in [0.717, 1.165) is 23.9 Å². The predicted molar refractivity (Wildman–Crippen MR) is 96.1 cm³/mol. The Bertz CT molecular complexity index is 326. The highest BCUT2D eigenvalue weighted by Crippen LogP contribution is 2.14. The lowest BCUT2D eigenvalue weighted by Crippen LogP contribution is -2.41. The van der Waals surface area contributed by atoms with Crippen LogP contribution in [0.4, 0.5) is 0 Å². The molecule has 0 saturated carbocycles. The minimum absolute atomic E-state index is 0.243. The highest BCUT2D eigenvalue weighted by Gasteiger charge is 2.25. The van der Waals surface area contributed by atoms with Crippen LogP contribution in [0.2, 0.25) is 0 Å². The summed E-state index contributed by atoms with van der Waals surface area (Å²) >= 11 is 0. The quantitative estimate of drug-likeness (QED) is 0.349. The number of hydrogen-bond donors (Lipinski definition) is 2. The average molecular weight is 347 g/mol. The van der Waals surface area contributed by atoms with Gasteiger partial charge in [0.05, 0.1) is 6.61 Å². The first-order valence-electron chi connectivity index (χ1n) is 8.95. The monoisotopic (exact) mass is 347 g/mol. The number of carboxylic acids is 1. The second-order valence-electron chi connectivity index (χ2n) is 6.12. The van der Waals surface area contributed by atoms with Crippen molar-refractivity contribution in [2.45, 2.75) is 90.0 Å². The van der Waals surface area contributed by atoms with Crippen LogP contribution in [0.3, 0.4) is 0 Å². The molecule has 0 aromatic carbocycles. The molecule has 6 heteroatoms. The van der Waals surface area contributed by atoms with E-state index in [9.17, 15) is 9.59 Å². The number of aliphatic carboxylic acids is 1. The number of hydrogen-bond acceptors (Lipinski definition) is 3. The van der Waals surface area contributed by atoms with Crippen LogP contribution in [-0.4, -0.2) is 39.4 Å². The van der Waals surface area contributed by atoms with Gasteiger partial charge in [-0.3, -0.25) is 4.79 Å². The van der Waals surface area contributed by atoms with Crippen molar-refractivity contribution in [1.82, 2.24) is 4.67 Å². The molecule has 0 aliphatic heterocycles. The van der Waals surface area contributed by atoms with Gasteiger partial charge in [0.25, 0.3) is 0 Å². The van der Waals surface area contributed by atoms with Gasteiger partial charge < -0.3 is 14.9 Å². The largest absolute Gasteiger partial charge is 0.480 e. The molecule has 0 rings (SSSR count). The van der Waals surface area contributed by atoms with E-state index in [2.05, 4.69) is 16.3 Å². The summed E-state index contributed by atoms with van der Waals surface area (Å²) < 4.78 is 1.05. The third-order valence-corrected chi connectivity index (χ3v) is 4.72. The smallest absolute Gasteiger partial charge is 0.329 e. The first-order chi connectivity index (χ1) is 11.0. The molecule has 1 unspecified atom stereocenters. The Kier molecular flexibility index (Phi) is 14.5. The van der Waals surface area contributed by atoms with Crippen LogP contribution in [0.25, 0.3) is 0 Å². The van der Waals surface area contributed by atoms with E-state index < -0.39 is 18.6 Å². The molecule has 1 amide bonds. The molecule has 136 valence electrons. The molecule has 0 bridgehead atoms. The van der Waals surface area contributed by atoms with Gasteiger partial charge in [0.15, 0.2) is 6.04 Å². The van der Waals surface area contributed by atoms with Gasteiger partial charge in [-0.2, -0.15) is 0 Å². The SMILES string of the molecule is CCCCCCCCCCCCCC(=O)N(P)[C@@H](CO)C(=O)O. The zero-order chi connectivity index (χ0) is 17.5. The average Bonchev–Trinajstić information content (AvgIpc) is 2.52. The molecular formula is C17H34NO4P. The fourth-order valence-corrected chi connectivity index (χ4v) is 2.88. The Morgan fingerprint density at radius 2 is 1.35 bits per heavy atom. The van der Waals surface area contributed by atoms with Gasteiger partial charge in [0, 0.05) is 6.42 Å². The molecule has 5 nitrogen and oxygen atoms in total. The van der Waals surface area contributed by atoms with E-state index in [-0.39, 0.29) is 5.91 Å². The van der Waals surface area contributed by atoms with Gasteiger partial charge in [0.1, 0.15) is 0 Å². The highest BCUT2D eigenvalue weighted by molar-refractivity contribution is 7.14. The molecular weight excluding hydrogens is 313 g/mol. The fourth-order valence-electron chi connectivity index (χ4n) is 2.53. The Balaban J connectivity index is 3.53. The van der Waals surface area contributed by atoms with Crippen LogP contribution in [0.15, 0.2) is 0 Å². The molecule has 2 N–H and O–H groups in total. The van der Waals surface area contributed by atoms with E-state index in [4.69, 9.17) is 10.2 Å². The maximum Gasteiger partial charge on any atom is 0.329 e. The minimum atomic E-state index is -1.19. The highest BCUT2D eigenvalue weighted by atomic mass is 31.0. The molecule has 2 atom stereocenters. The number of unbranched alkanes of at least 4 members (excludes halogenated alkanes) is 10. The lowest BCUT2D eigenvalue weighted by Gasteiger charge is -2.22. The summed E-state index contributed by atoms with van der Waals surface area (Å²) in [6.07, 6.45) is 13.7. The maximum atomic E-state index is 11.8. The number of rotatable bonds is 15. The molecule has 0 aliphatic rings. The van der Waals surface area contributed by atoms with Crippen molar-refractivity contribution in [3.8, 4) is 0 Å². The Labute approximate surface area is 143 Å². The van der Waals surface area contributed by atoms with Gasteiger partial charge in [-0.25, -0.2) is 4.79 Å². The van der Waals surface area contributed by atoms with Gasteiger partial charge in [-0.1, -0.05) is 71.1 Å². The normalized spacial score (nSPS) is 12.1. The number of nitrogens with zero attached hydrogens (tertiary/aromatic N) is 1. The lowest BCUT2D eigenvalue weighted by molar-refractivity contribution is -0.147. The maximum absolute atomic E-state index is 11.8. The first kappa shape index (κ1) is 22.3.